The van der Waals surface area contributed by atoms with E-state index in [1.165, 1.54) is 22.4 Å². The number of nitrogens with one attached hydrogen (secondary N) is 1. The molecule has 2 N–H and O–H groups in total. The van der Waals surface area contributed by atoms with Crippen LogP contribution in [0.25, 0.3) is 0 Å². The normalized spacial score (nSPS) is 23.9. The molecule has 3 aliphatic rings. The van der Waals surface area contributed by atoms with Crippen LogP contribution in [0.2, 0.25) is 0 Å². The summed E-state index contributed by atoms with van der Waals surface area (Å²) in [5.74, 6) is -1.93. The van der Waals surface area contributed by atoms with Gasteiger partial charge in [0.2, 0.25) is 17.7 Å². The summed E-state index contributed by atoms with van der Waals surface area (Å²) in [5.41, 5.74) is 0.665. The molecule has 34 heavy (non-hydrogen) atoms. The lowest BCUT2D eigenvalue weighted by molar-refractivity contribution is -0.133. The Kier molecular flexibility index (Phi) is 6.15. The summed E-state index contributed by atoms with van der Waals surface area (Å²) in [6, 6.07) is 4.83. The Morgan fingerprint density at radius 3 is 2.68 bits per heavy atom. The van der Waals surface area contributed by atoms with E-state index in [0.29, 0.717) is 35.2 Å². The van der Waals surface area contributed by atoms with Crippen LogP contribution in [0.5, 0.6) is 11.5 Å². The standard InChI is InChI=1S/C23H25N3O6S2/c1-2-32-14-10-12(6-7-13(14)27)16-17-18(21(30)24-20(17)29)33-22-19(16)34-23(31)26(22)11-15(28)25-8-4-3-5-9-25/h6-7,10,16-18,27H,2-5,8-9,11H2,1H3,(H,24,29,30). The van der Waals surface area contributed by atoms with Gasteiger partial charge in [0.05, 0.1) is 17.6 Å². The minimum Gasteiger partial charge on any atom is -0.504 e. The molecule has 11 heteroatoms. The molecule has 2 fully saturated rings. The molecule has 9 nitrogen and oxygen atoms in total. The van der Waals surface area contributed by atoms with Crippen molar-refractivity contribution in [3.05, 3.63) is 38.3 Å². The highest BCUT2D eigenvalue weighted by atomic mass is 32.2. The summed E-state index contributed by atoms with van der Waals surface area (Å²) in [6.45, 7) is 3.43. The van der Waals surface area contributed by atoms with Crippen molar-refractivity contribution in [1.29, 1.82) is 0 Å². The number of amides is 3. The summed E-state index contributed by atoms with van der Waals surface area (Å²) in [7, 11) is 0. The van der Waals surface area contributed by atoms with Gasteiger partial charge < -0.3 is 14.7 Å². The average Bonchev–Trinajstić information content (AvgIpc) is 3.29. The first-order chi connectivity index (χ1) is 16.4. The van der Waals surface area contributed by atoms with Crippen molar-refractivity contribution in [2.45, 2.75) is 48.9 Å². The van der Waals surface area contributed by atoms with Crippen molar-refractivity contribution in [1.82, 2.24) is 14.8 Å². The first kappa shape index (κ1) is 23.0. The number of thioether (sulfide) groups is 1. The molecule has 0 saturated carbocycles. The zero-order valence-electron chi connectivity index (χ0n) is 18.6. The summed E-state index contributed by atoms with van der Waals surface area (Å²) < 4.78 is 6.98. The Hall–Kier alpha value is -2.79. The molecule has 5 rings (SSSR count). The molecular weight excluding hydrogens is 478 g/mol. The van der Waals surface area contributed by atoms with Gasteiger partial charge in [0, 0.05) is 23.9 Å². The predicted octanol–water partition coefficient (Wildman–Crippen LogP) is 1.91. The predicted molar refractivity (Wildman–Crippen MR) is 126 cm³/mol. The lowest BCUT2D eigenvalue weighted by atomic mass is 9.83. The van der Waals surface area contributed by atoms with Crippen LogP contribution in [-0.2, 0) is 20.9 Å². The van der Waals surface area contributed by atoms with E-state index in [2.05, 4.69) is 5.32 Å². The van der Waals surface area contributed by atoms with Gasteiger partial charge >= 0.3 is 4.87 Å². The fourth-order valence-corrected chi connectivity index (χ4v) is 7.65. The van der Waals surface area contributed by atoms with Gasteiger partial charge in [-0.25, -0.2) is 0 Å². The van der Waals surface area contributed by atoms with Gasteiger partial charge in [0.15, 0.2) is 11.5 Å². The number of likely N-dealkylation sites (tertiary alicyclic amines) is 1. The van der Waals surface area contributed by atoms with Crippen LogP contribution in [0, 0.1) is 5.92 Å². The Morgan fingerprint density at radius 1 is 1.18 bits per heavy atom. The van der Waals surface area contributed by atoms with Crippen molar-refractivity contribution < 1.29 is 24.2 Å². The SMILES string of the molecule is CCOc1cc(C2c3sc(=O)n(CC(=O)N4CCCCC4)c3SC3C(=O)NC(=O)C32)ccc1O. The third-order valence-corrected chi connectivity index (χ3v) is 9.15. The summed E-state index contributed by atoms with van der Waals surface area (Å²) in [5, 5.41) is 12.4. The Labute approximate surface area is 204 Å². The summed E-state index contributed by atoms with van der Waals surface area (Å²) in [4.78, 5) is 53.6. The largest absolute Gasteiger partial charge is 0.504 e. The number of benzene rings is 1. The molecule has 1 aromatic heterocycles. The number of phenolic OH excluding ortho intramolecular Hbond substituents is 1. The highest BCUT2D eigenvalue weighted by molar-refractivity contribution is 8.00. The maximum absolute atomic E-state index is 13.1. The first-order valence-electron chi connectivity index (χ1n) is 11.4. The van der Waals surface area contributed by atoms with E-state index < -0.39 is 23.0 Å². The fraction of sp³-hybridized carbons (Fsp3) is 0.478. The van der Waals surface area contributed by atoms with Crippen LogP contribution in [-0.4, -0.2) is 57.2 Å². The molecule has 3 atom stereocenters. The fourth-order valence-electron chi connectivity index (χ4n) is 4.91. The van der Waals surface area contributed by atoms with Gasteiger partial charge in [-0.3, -0.25) is 29.1 Å². The molecule has 3 amide bonds. The third kappa shape index (κ3) is 3.90. The van der Waals surface area contributed by atoms with Crippen LogP contribution >= 0.6 is 23.1 Å². The van der Waals surface area contributed by atoms with E-state index in [1.54, 1.807) is 24.0 Å². The zero-order valence-corrected chi connectivity index (χ0v) is 20.2. The molecule has 2 aromatic rings. The molecule has 2 saturated heterocycles. The number of fused-ring (bicyclic) bond motifs is 2. The van der Waals surface area contributed by atoms with E-state index in [1.807, 2.05) is 0 Å². The molecule has 0 spiro atoms. The van der Waals surface area contributed by atoms with Crippen LogP contribution in [0.15, 0.2) is 28.0 Å². The molecule has 0 radical (unpaired) electrons. The lowest BCUT2D eigenvalue weighted by Gasteiger charge is -2.31. The molecule has 4 heterocycles. The van der Waals surface area contributed by atoms with Gasteiger partial charge in [-0.2, -0.15) is 0 Å². The zero-order chi connectivity index (χ0) is 24.0. The molecule has 3 aliphatic heterocycles. The maximum atomic E-state index is 13.1. The highest BCUT2D eigenvalue weighted by Crippen LogP contribution is 2.52. The molecular formula is C23H25N3O6S2. The number of ether oxygens (including phenoxy) is 1. The van der Waals surface area contributed by atoms with E-state index >= 15 is 0 Å². The lowest BCUT2D eigenvalue weighted by Crippen LogP contribution is -2.39. The average molecular weight is 504 g/mol. The monoisotopic (exact) mass is 503 g/mol. The number of rotatable bonds is 5. The molecule has 180 valence electrons. The molecule has 3 unspecified atom stereocenters. The van der Waals surface area contributed by atoms with Crippen LogP contribution in [0.3, 0.4) is 0 Å². The van der Waals surface area contributed by atoms with Crippen LogP contribution in [0.1, 0.15) is 42.5 Å². The number of piperidine rings is 1. The number of imide groups is 1. The Morgan fingerprint density at radius 2 is 1.94 bits per heavy atom. The number of phenols is 1. The van der Waals surface area contributed by atoms with E-state index in [9.17, 15) is 24.3 Å². The van der Waals surface area contributed by atoms with E-state index in [0.717, 1.165) is 30.6 Å². The molecule has 0 bridgehead atoms. The van der Waals surface area contributed by atoms with Gasteiger partial charge in [0.25, 0.3) is 0 Å². The second kappa shape index (κ2) is 9.10. The highest BCUT2D eigenvalue weighted by Gasteiger charge is 2.53. The van der Waals surface area contributed by atoms with Crippen molar-refractivity contribution in [3.63, 3.8) is 0 Å². The van der Waals surface area contributed by atoms with E-state index in [-0.39, 0.29) is 34.7 Å². The van der Waals surface area contributed by atoms with Crippen LogP contribution < -0.4 is 14.9 Å². The number of hydrogen-bond acceptors (Lipinski definition) is 8. The van der Waals surface area contributed by atoms with E-state index in [4.69, 9.17) is 4.74 Å². The van der Waals surface area contributed by atoms with Crippen molar-refractivity contribution >= 4 is 40.8 Å². The number of carbonyl (C=O) groups is 3. The first-order valence-corrected chi connectivity index (χ1v) is 13.1. The van der Waals surface area contributed by atoms with Crippen molar-refractivity contribution in [3.8, 4) is 11.5 Å². The number of thiazole rings is 1. The summed E-state index contributed by atoms with van der Waals surface area (Å²) in [6.07, 6.45) is 3.00. The van der Waals surface area contributed by atoms with Gasteiger partial charge in [-0.1, -0.05) is 29.2 Å². The van der Waals surface area contributed by atoms with Crippen LogP contribution in [0.4, 0.5) is 0 Å². The Balaban J connectivity index is 1.58. The molecule has 0 aliphatic carbocycles. The number of hydrogen-bond donors (Lipinski definition) is 2. The van der Waals surface area contributed by atoms with Gasteiger partial charge in [0.1, 0.15) is 11.8 Å². The quantitative estimate of drug-likeness (QED) is 0.599. The molecule has 1 aromatic carbocycles. The minimum absolute atomic E-state index is 0.0302. The number of aromatic nitrogens is 1. The summed E-state index contributed by atoms with van der Waals surface area (Å²) >= 11 is 2.19. The minimum atomic E-state index is -0.709. The third-order valence-electron chi connectivity index (χ3n) is 6.53. The second-order valence-electron chi connectivity index (χ2n) is 8.62. The number of carbonyl (C=O) groups excluding carboxylic acids is 3. The Bertz CT molecular complexity index is 1220. The maximum Gasteiger partial charge on any atom is 0.308 e. The van der Waals surface area contributed by atoms with Gasteiger partial charge in [-0.05, 0) is 43.9 Å². The smallest absolute Gasteiger partial charge is 0.308 e. The van der Waals surface area contributed by atoms with Crippen molar-refractivity contribution in [2.75, 3.05) is 19.7 Å². The number of nitrogens with zero attached hydrogens (tertiary/aromatic N) is 2. The topological polar surface area (TPSA) is 118 Å². The number of aromatic hydroxyl groups is 1. The van der Waals surface area contributed by atoms with Crippen molar-refractivity contribution in [2.24, 2.45) is 5.92 Å². The van der Waals surface area contributed by atoms with Gasteiger partial charge in [-0.15, -0.1) is 0 Å². The second-order valence-corrected chi connectivity index (χ2v) is 10.7.